The first-order valence-corrected chi connectivity index (χ1v) is 11.7. The maximum absolute atomic E-state index is 12.5. The van der Waals surface area contributed by atoms with Crippen LogP contribution in [0.4, 0.5) is 5.13 Å². The van der Waals surface area contributed by atoms with Crippen molar-refractivity contribution in [3.63, 3.8) is 0 Å². The molecule has 0 radical (unpaired) electrons. The van der Waals surface area contributed by atoms with Gasteiger partial charge in [0.15, 0.2) is 15.0 Å². The molecule has 0 unspecified atom stereocenters. The van der Waals surface area contributed by atoms with E-state index in [1.807, 2.05) is 17.5 Å². The molecule has 2 aromatic carbocycles. The predicted molar refractivity (Wildman–Crippen MR) is 114 cm³/mol. The number of thiazole rings is 1. The highest BCUT2D eigenvalue weighted by atomic mass is 35.5. The number of hydrogen-bond acceptors (Lipinski definition) is 5. The lowest BCUT2D eigenvalue weighted by atomic mass is 10.0. The van der Waals surface area contributed by atoms with Gasteiger partial charge in [0, 0.05) is 22.8 Å². The fourth-order valence-corrected chi connectivity index (χ4v) is 4.62. The van der Waals surface area contributed by atoms with Gasteiger partial charge in [-0.15, -0.1) is 11.3 Å². The van der Waals surface area contributed by atoms with Gasteiger partial charge in [-0.25, -0.2) is 13.4 Å². The Morgan fingerprint density at radius 1 is 1.14 bits per heavy atom. The van der Waals surface area contributed by atoms with Crippen molar-refractivity contribution in [3.8, 4) is 11.3 Å². The average molecular weight is 435 g/mol. The van der Waals surface area contributed by atoms with E-state index in [-0.39, 0.29) is 15.5 Å². The number of carbonyl (C=O) groups is 1. The Balaban J connectivity index is 1.79. The van der Waals surface area contributed by atoms with Crippen molar-refractivity contribution in [2.75, 3.05) is 11.6 Å². The highest BCUT2D eigenvalue weighted by Gasteiger charge is 2.17. The third-order valence-corrected chi connectivity index (χ3v) is 6.53. The SMILES string of the molecule is CC(C)c1ccc(-c2csc(NC(=O)c3ccc(Cl)c(S(C)(=O)=O)c3)n2)cc1. The van der Waals surface area contributed by atoms with E-state index in [1.54, 1.807) is 0 Å². The number of sulfone groups is 1. The van der Waals surface area contributed by atoms with Gasteiger partial charge in [0.05, 0.1) is 15.6 Å². The molecule has 0 atom stereocenters. The number of nitrogens with zero attached hydrogens (tertiary/aromatic N) is 1. The molecule has 0 fully saturated rings. The topological polar surface area (TPSA) is 76.1 Å². The van der Waals surface area contributed by atoms with Crippen LogP contribution in [0.1, 0.15) is 35.7 Å². The van der Waals surface area contributed by atoms with Crippen molar-refractivity contribution in [1.29, 1.82) is 0 Å². The normalized spacial score (nSPS) is 11.6. The van der Waals surface area contributed by atoms with E-state index in [0.717, 1.165) is 17.5 Å². The van der Waals surface area contributed by atoms with Crippen molar-refractivity contribution in [2.24, 2.45) is 0 Å². The highest BCUT2D eigenvalue weighted by Crippen LogP contribution is 2.27. The highest BCUT2D eigenvalue weighted by molar-refractivity contribution is 7.90. The van der Waals surface area contributed by atoms with Crippen molar-refractivity contribution < 1.29 is 13.2 Å². The van der Waals surface area contributed by atoms with Crippen LogP contribution in [0, 0.1) is 0 Å². The van der Waals surface area contributed by atoms with E-state index in [9.17, 15) is 13.2 Å². The third-order valence-electron chi connectivity index (χ3n) is 4.19. The van der Waals surface area contributed by atoms with Crippen LogP contribution in [0.3, 0.4) is 0 Å². The summed E-state index contributed by atoms with van der Waals surface area (Å²) in [6.07, 6.45) is 1.05. The minimum absolute atomic E-state index is 0.0770. The third kappa shape index (κ3) is 4.60. The van der Waals surface area contributed by atoms with Crippen molar-refractivity contribution in [2.45, 2.75) is 24.7 Å². The number of halogens is 1. The number of hydrogen-bond donors (Lipinski definition) is 1. The molecule has 3 rings (SSSR count). The molecule has 1 heterocycles. The lowest BCUT2D eigenvalue weighted by molar-refractivity contribution is 0.102. The second-order valence-electron chi connectivity index (χ2n) is 6.69. The van der Waals surface area contributed by atoms with Gasteiger partial charge >= 0.3 is 0 Å². The molecule has 28 heavy (non-hydrogen) atoms. The standard InChI is InChI=1S/C20H19ClN2O3S2/c1-12(2)13-4-6-14(7-5-13)17-11-27-20(22-17)23-19(24)15-8-9-16(21)18(10-15)28(3,25)26/h4-12H,1-3H3,(H,22,23,24). The van der Waals surface area contributed by atoms with Gasteiger partial charge in [0.1, 0.15) is 0 Å². The number of rotatable bonds is 5. The lowest BCUT2D eigenvalue weighted by Gasteiger charge is -2.06. The summed E-state index contributed by atoms with van der Waals surface area (Å²) in [5.41, 5.74) is 3.18. The van der Waals surface area contributed by atoms with Crippen LogP contribution in [0.15, 0.2) is 52.7 Å². The van der Waals surface area contributed by atoms with Crippen LogP contribution < -0.4 is 5.32 Å². The Hall–Kier alpha value is -2.22. The van der Waals surface area contributed by atoms with E-state index < -0.39 is 15.7 Å². The molecule has 0 saturated heterocycles. The Labute approximate surface area is 173 Å². The zero-order valence-electron chi connectivity index (χ0n) is 15.6. The van der Waals surface area contributed by atoms with Crippen LogP contribution >= 0.6 is 22.9 Å². The quantitative estimate of drug-likeness (QED) is 0.595. The summed E-state index contributed by atoms with van der Waals surface area (Å²) < 4.78 is 23.6. The predicted octanol–water partition coefficient (Wildman–Crippen LogP) is 5.24. The lowest BCUT2D eigenvalue weighted by Crippen LogP contribution is -2.12. The fourth-order valence-electron chi connectivity index (χ4n) is 2.60. The second-order valence-corrected chi connectivity index (χ2v) is 9.94. The van der Waals surface area contributed by atoms with Gasteiger partial charge in [0.25, 0.3) is 5.91 Å². The molecule has 146 valence electrons. The van der Waals surface area contributed by atoms with Gasteiger partial charge in [-0.3, -0.25) is 10.1 Å². The minimum atomic E-state index is -3.53. The van der Waals surface area contributed by atoms with Gasteiger partial charge in [-0.1, -0.05) is 49.7 Å². The summed E-state index contributed by atoms with van der Waals surface area (Å²) in [5, 5.41) is 5.09. The molecule has 1 amide bonds. The maximum Gasteiger partial charge on any atom is 0.257 e. The summed E-state index contributed by atoms with van der Waals surface area (Å²) in [6.45, 7) is 4.27. The van der Waals surface area contributed by atoms with Gasteiger partial charge in [-0.05, 0) is 29.7 Å². The number of aromatic nitrogens is 1. The van der Waals surface area contributed by atoms with E-state index in [2.05, 4.69) is 36.3 Å². The zero-order valence-corrected chi connectivity index (χ0v) is 18.0. The Bertz CT molecular complexity index is 1120. The van der Waals surface area contributed by atoms with Crippen LogP contribution in [0.2, 0.25) is 5.02 Å². The molecule has 1 aromatic heterocycles. The fraction of sp³-hybridized carbons (Fsp3) is 0.200. The molecule has 3 aromatic rings. The first kappa shape index (κ1) is 20.5. The van der Waals surface area contributed by atoms with Gasteiger partial charge < -0.3 is 0 Å². The van der Waals surface area contributed by atoms with Crippen molar-refractivity contribution in [1.82, 2.24) is 4.98 Å². The summed E-state index contributed by atoms with van der Waals surface area (Å²) in [6, 6.07) is 12.3. The molecule has 1 N–H and O–H groups in total. The first-order chi connectivity index (χ1) is 13.1. The summed E-state index contributed by atoms with van der Waals surface area (Å²) in [7, 11) is -3.53. The van der Waals surface area contributed by atoms with Crippen LogP contribution in [-0.4, -0.2) is 25.6 Å². The Morgan fingerprint density at radius 2 is 1.82 bits per heavy atom. The smallest absolute Gasteiger partial charge is 0.257 e. The van der Waals surface area contributed by atoms with E-state index >= 15 is 0 Å². The first-order valence-electron chi connectivity index (χ1n) is 8.52. The molecular formula is C20H19ClN2O3S2. The molecule has 0 aliphatic heterocycles. The van der Waals surface area contributed by atoms with Crippen molar-refractivity contribution in [3.05, 3.63) is 64.0 Å². The molecule has 0 bridgehead atoms. The molecule has 0 aliphatic carbocycles. The second kappa shape index (κ2) is 8.03. The van der Waals surface area contributed by atoms with Gasteiger partial charge in [-0.2, -0.15) is 0 Å². The summed E-state index contributed by atoms with van der Waals surface area (Å²) >= 11 is 7.23. The average Bonchev–Trinajstić information content (AvgIpc) is 3.09. The maximum atomic E-state index is 12.5. The van der Waals surface area contributed by atoms with Crippen molar-refractivity contribution >= 4 is 43.8 Å². The Morgan fingerprint density at radius 3 is 2.43 bits per heavy atom. The van der Waals surface area contributed by atoms with E-state index in [1.165, 1.54) is 35.1 Å². The summed E-state index contributed by atoms with van der Waals surface area (Å²) in [4.78, 5) is 16.9. The zero-order chi connectivity index (χ0) is 20.5. The number of nitrogens with one attached hydrogen (secondary N) is 1. The summed E-state index contributed by atoms with van der Waals surface area (Å²) in [5.74, 6) is 0.00755. The monoisotopic (exact) mass is 434 g/mol. The Kier molecular flexibility index (Phi) is 5.88. The van der Waals surface area contributed by atoms with Crippen LogP contribution in [0.5, 0.6) is 0 Å². The number of carbonyl (C=O) groups excluding carboxylic acids is 1. The largest absolute Gasteiger partial charge is 0.298 e. The van der Waals surface area contributed by atoms with E-state index in [0.29, 0.717) is 11.0 Å². The molecule has 0 saturated carbocycles. The molecular weight excluding hydrogens is 416 g/mol. The molecule has 0 aliphatic rings. The number of anilines is 1. The van der Waals surface area contributed by atoms with Crippen LogP contribution in [-0.2, 0) is 9.84 Å². The molecule has 8 heteroatoms. The van der Waals surface area contributed by atoms with Gasteiger partial charge in [0.2, 0.25) is 0 Å². The number of amides is 1. The van der Waals surface area contributed by atoms with Crippen LogP contribution in [0.25, 0.3) is 11.3 Å². The molecule has 5 nitrogen and oxygen atoms in total. The molecule has 0 spiro atoms. The minimum Gasteiger partial charge on any atom is -0.298 e. The number of benzene rings is 2. The van der Waals surface area contributed by atoms with E-state index in [4.69, 9.17) is 11.6 Å².